The van der Waals surface area contributed by atoms with E-state index in [1.54, 1.807) is 14.0 Å². The smallest absolute Gasteiger partial charge is 0.246 e. The van der Waals surface area contributed by atoms with E-state index in [1.807, 2.05) is 33.8 Å². The molecule has 1 aliphatic heterocycles. The van der Waals surface area contributed by atoms with Crippen molar-refractivity contribution >= 4 is 23.6 Å². The minimum absolute atomic E-state index is 0.166. The fraction of sp³-hybridized carbons (Fsp3) is 0.700. The Balaban J connectivity index is 3.32. The summed E-state index contributed by atoms with van der Waals surface area (Å²) < 4.78 is 0. The number of carbonyl (C=O) groups is 4. The summed E-state index contributed by atoms with van der Waals surface area (Å²) in [7, 11) is 3.12. The van der Waals surface area contributed by atoms with Crippen LogP contribution < -0.4 is 10.6 Å². The maximum atomic E-state index is 13.1. The molecule has 8 nitrogen and oxygen atoms in total. The van der Waals surface area contributed by atoms with E-state index in [1.165, 1.54) is 16.8 Å². The average Bonchev–Trinajstić information content (AvgIpc) is 2.62. The minimum atomic E-state index is -0.760. The molecule has 0 aromatic carbocycles. The van der Waals surface area contributed by atoms with Gasteiger partial charge in [0.1, 0.15) is 18.1 Å². The van der Waals surface area contributed by atoms with Crippen molar-refractivity contribution in [3.05, 3.63) is 11.6 Å². The molecule has 0 radical (unpaired) electrons. The summed E-state index contributed by atoms with van der Waals surface area (Å²) in [5, 5.41) is 5.24. The molecule has 0 saturated carbocycles. The van der Waals surface area contributed by atoms with Gasteiger partial charge in [-0.2, -0.15) is 0 Å². The Kier molecular flexibility index (Phi) is 8.65. The molecule has 4 amide bonds. The van der Waals surface area contributed by atoms with Gasteiger partial charge >= 0.3 is 0 Å². The van der Waals surface area contributed by atoms with Crippen molar-refractivity contribution in [2.24, 2.45) is 5.92 Å². The normalized spacial score (nSPS) is 25.1. The van der Waals surface area contributed by atoms with E-state index in [9.17, 15) is 19.2 Å². The molecule has 1 saturated heterocycles. The van der Waals surface area contributed by atoms with Crippen LogP contribution in [-0.4, -0.2) is 72.2 Å². The van der Waals surface area contributed by atoms with Crippen LogP contribution in [0.15, 0.2) is 11.6 Å². The summed E-state index contributed by atoms with van der Waals surface area (Å²) in [5.41, 5.74) is 1.03. The molecular formula is C20H34N4O4. The van der Waals surface area contributed by atoms with Crippen LogP contribution in [0.1, 0.15) is 47.5 Å². The molecule has 0 unspecified atom stereocenters. The summed E-state index contributed by atoms with van der Waals surface area (Å²) in [6.07, 6.45) is 2.68. The molecule has 1 rings (SSSR count). The molecule has 28 heavy (non-hydrogen) atoms. The number of amides is 4. The van der Waals surface area contributed by atoms with Crippen molar-refractivity contribution in [1.29, 1.82) is 0 Å². The Morgan fingerprint density at radius 2 is 1.71 bits per heavy atom. The number of carbonyl (C=O) groups excluding carboxylic acids is 4. The third kappa shape index (κ3) is 6.35. The Hall–Kier alpha value is -2.38. The van der Waals surface area contributed by atoms with Gasteiger partial charge in [0.15, 0.2) is 0 Å². The molecule has 0 bridgehead atoms. The van der Waals surface area contributed by atoms with Crippen LogP contribution >= 0.6 is 0 Å². The lowest BCUT2D eigenvalue weighted by Gasteiger charge is -2.35. The number of nitrogens with zero attached hydrogens (tertiary/aromatic N) is 2. The molecule has 0 aliphatic carbocycles. The lowest BCUT2D eigenvalue weighted by molar-refractivity contribution is -0.149. The van der Waals surface area contributed by atoms with Crippen LogP contribution in [0.5, 0.6) is 0 Å². The molecule has 0 aromatic rings. The molecule has 158 valence electrons. The largest absolute Gasteiger partial charge is 0.345 e. The first-order chi connectivity index (χ1) is 13.0. The molecule has 0 spiro atoms. The lowest BCUT2D eigenvalue weighted by atomic mass is 10.0. The zero-order chi connectivity index (χ0) is 21.6. The van der Waals surface area contributed by atoms with Crippen molar-refractivity contribution in [2.75, 3.05) is 20.6 Å². The second-order valence-electron chi connectivity index (χ2n) is 8.07. The molecule has 8 heteroatoms. The number of hydrogen-bond donors (Lipinski definition) is 2. The molecule has 1 heterocycles. The monoisotopic (exact) mass is 394 g/mol. The predicted molar refractivity (Wildman–Crippen MR) is 107 cm³/mol. The maximum absolute atomic E-state index is 13.1. The summed E-state index contributed by atoms with van der Waals surface area (Å²) in [5.74, 6) is -1.30. The van der Waals surface area contributed by atoms with Gasteiger partial charge < -0.3 is 20.4 Å². The fourth-order valence-corrected chi connectivity index (χ4v) is 3.03. The zero-order valence-electron chi connectivity index (χ0n) is 18.0. The van der Waals surface area contributed by atoms with E-state index in [4.69, 9.17) is 0 Å². The Bertz CT molecular complexity index is 640. The van der Waals surface area contributed by atoms with Gasteiger partial charge in [-0.3, -0.25) is 19.2 Å². The molecule has 0 aromatic heterocycles. The van der Waals surface area contributed by atoms with Crippen molar-refractivity contribution in [1.82, 2.24) is 20.4 Å². The quantitative estimate of drug-likeness (QED) is 0.685. The number of rotatable bonds is 4. The summed E-state index contributed by atoms with van der Waals surface area (Å²) >= 11 is 0. The van der Waals surface area contributed by atoms with Crippen molar-refractivity contribution < 1.29 is 19.2 Å². The highest BCUT2D eigenvalue weighted by atomic mass is 16.2. The second-order valence-corrected chi connectivity index (χ2v) is 8.07. The molecular weight excluding hydrogens is 360 g/mol. The Morgan fingerprint density at radius 3 is 2.25 bits per heavy atom. The van der Waals surface area contributed by atoms with Crippen molar-refractivity contribution in [3.63, 3.8) is 0 Å². The average molecular weight is 395 g/mol. The van der Waals surface area contributed by atoms with Crippen LogP contribution in [0.3, 0.4) is 0 Å². The number of nitrogens with one attached hydrogen (secondary N) is 2. The number of likely N-dealkylation sites (N-methyl/N-ethyl adjacent to an activating group) is 2. The van der Waals surface area contributed by atoms with E-state index < -0.39 is 29.9 Å². The summed E-state index contributed by atoms with van der Waals surface area (Å²) in [6, 6.07) is -2.27. The summed E-state index contributed by atoms with van der Waals surface area (Å²) in [4.78, 5) is 53.6. The Morgan fingerprint density at radius 1 is 1.11 bits per heavy atom. The lowest BCUT2D eigenvalue weighted by Crippen LogP contribution is -2.59. The van der Waals surface area contributed by atoms with Gasteiger partial charge in [0.2, 0.25) is 23.6 Å². The predicted octanol–water partition coefficient (Wildman–Crippen LogP) is 0.677. The molecule has 2 N–H and O–H groups in total. The highest BCUT2D eigenvalue weighted by Gasteiger charge is 2.36. The van der Waals surface area contributed by atoms with Crippen molar-refractivity contribution in [2.45, 2.75) is 65.6 Å². The van der Waals surface area contributed by atoms with Gasteiger partial charge in [-0.1, -0.05) is 25.5 Å². The van der Waals surface area contributed by atoms with Gasteiger partial charge in [0.25, 0.3) is 0 Å². The fourth-order valence-electron chi connectivity index (χ4n) is 3.03. The standard InChI is InChI=1S/C20H34N4O4/c1-12(2)8-9-16-20(28)23(6)14(5)18(26)21-11-17(25)22-15(10-13(3)4)19(27)24(16)7/h8,13-16H,9-11H2,1-7H3,(H,21,26)(H,22,25)/t14-,15+,16+/m1/s1. The van der Waals surface area contributed by atoms with Gasteiger partial charge in [-0.15, -0.1) is 0 Å². The van der Waals surface area contributed by atoms with Gasteiger partial charge in [0, 0.05) is 14.1 Å². The first-order valence-electron chi connectivity index (χ1n) is 9.69. The minimum Gasteiger partial charge on any atom is -0.345 e. The third-order valence-electron chi connectivity index (χ3n) is 4.92. The first-order valence-corrected chi connectivity index (χ1v) is 9.69. The van der Waals surface area contributed by atoms with Crippen LogP contribution in [0.2, 0.25) is 0 Å². The second kappa shape index (κ2) is 10.2. The third-order valence-corrected chi connectivity index (χ3v) is 4.92. The van der Waals surface area contributed by atoms with Gasteiger partial charge in [0.05, 0.1) is 6.54 Å². The molecule has 1 fully saturated rings. The highest BCUT2D eigenvalue weighted by Crippen LogP contribution is 2.15. The van der Waals surface area contributed by atoms with E-state index in [0.29, 0.717) is 12.8 Å². The van der Waals surface area contributed by atoms with Crippen LogP contribution in [0.25, 0.3) is 0 Å². The number of hydrogen-bond acceptors (Lipinski definition) is 4. The van der Waals surface area contributed by atoms with Gasteiger partial charge in [-0.05, 0) is 39.5 Å². The molecule has 1 aliphatic rings. The van der Waals surface area contributed by atoms with E-state index in [2.05, 4.69) is 10.6 Å². The maximum Gasteiger partial charge on any atom is 0.246 e. The van der Waals surface area contributed by atoms with Crippen LogP contribution in [0.4, 0.5) is 0 Å². The highest BCUT2D eigenvalue weighted by molar-refractivity contribution is 5.96. The number of allylic oxidation sites excluding steroid dienone is 1. The first kappa shape index (κ1) is 23.7. The van der Waals surface area contributed by atoms with Gasteiger partial charge in [-0.25, -0.2) is 0 Å². The van der Waals surface area contributed by atoms with E-state index in [-0.39, 0.29) is 24.3 Å². The van der Waals surface area contributed by atoms with Crippen LogP contribution in [0, 0.1) is 5.92 Å². The zero-order valence-corrected chi connectivity index (χ0v) is 18.0. The topological polar surface area (TPSA) is 98.8 Å². The summed E-state index contributed by atoms with van der Waals surface area (Å²) in [6.45, 7) is 9.11. The van der Waals surface area contributed by atoms with E-state index >= 15 is 0 Å². The Labute approximate surface area is 167 Å². The SMILES string of the molecule is CC(C)=CC[C@H]1C(=O)N(C)[C@H](C)C(=O)NCC(=O)N[C@@H](CC(C)C)C(=O)N1C. The van der Waals surface area contributed by atoms with Crippen molar-refractivity contribution in [3.8, 4) is 0 Å². The van der Waals surface area contributed by atoms with E-state index in [0.717, 1.165) is 5.57 Å². The molecule has 3 atom stereocenters. The van der Waals surface area contributed by atoms with Crippen LogP contribution in [-0.2, 0) is 19.2 Å².